The van der Waals surface area contributed by atoms with Gasteiger partial charge >= 0.3 is 0 Å². The third kappa shape index (κ3) is 2.53. The monoisotopic (exact) mass is 248 g/mol. The predicted octanol–water partition coefficient (Wildman–Crippen LogP) is 2.17. The Bertz CT molecular complexity index is 464. The van der Waals surface area contributed by atoms with Gasteiger partial charge in [0.2, 0.25) is 0 Å². The second-order valence-electron chi connectivity index (χ2n) is 5.24. The highest BCUT2D eigenvalue weighted by molar-refractivity contribution is 6.69. The third-order valence-corrected chi connectivity index (χ3v) is 3.63. The van der Waals surface area contributed by atoms with E-state index >= 15 is 0 Å². The lowest BCUT2D eigenvalue weighted by molar-refractivity contribution is -0.115. The smallest absolute Gasteiger partial charge is 0.185 e. The molecule has 0 fully saturated rings. The minimum Gasteiger partial charge on any atom is -0.407 e. The number of hydrogen-bond acceptors (Lipinski definition) is 3. The third-order valence-electron chi connectivity index (χ3n) is 2.67. The lowest BCUT2D eigenvalue weighted by Gasteiger charge is -2.29. The van der Waals surface area contributed by atoms with E-state index in [4.69, 9.17) is 4.43 Å². The van der Waals surface area contributed by atoms with Gasteiger partial charge in [0.15, 0.2) is 19.9 Å². The Morgan fingerprint density at radius 1 is 1.18 bits per heavy atom. The Balaban J connectivity index is 2.35. The van der Waals surface area contributed by atoms with Crippen LogP contribution in [0.1, 0.15) is 6.42 Å². The summed E-state index contributed by atoms with van der Waals surface area (Å²) in [7, 11) is -1.75. The van der Waals surface area contributed by atoms with Crippen molar-refractivity contribution >= 4 is 19.9 Å². The number of allylic oxidation sites excluding steroid dienone is 4. The Morgan fingerprint density at radius 2 is 1.82 bits per heavy atom. The first-order chi connectivity index (χ1) is 7.88. The predicted molar refractivity (Wildman–Crippen MR) is 68.2 cm³/mol. The van der Waals surface area contributed by atoms with Gasteiger partial charge in [-0.15, -0.1) is 0 Å². The molecule has 0 bridgehead atoms. The molecular formula is C13H16O3Si. The molecule has 0 saturated heterocycles. The number of carbonyl (C=O) groups is 2. The van der Waals surface area contributed by atoms with Gasteiger partial charge in [-0.05, 0) is 38.2 Å². The molecular weight excluding hydrogens is 232 g/mol. The summed E-state index contributed by atoms with van der Waals surface area (Å²) in [5, 5.41) is 0. The van der Waals surface area contributed by atoms with Gasteiger partial charge in [-0.1, -0.05) is 12.2 Å². The summed E-state index contributed by atoms with van der Waals surface area (Å²) in [5.74, 6) is -0.152. The van der Waals surface area contributed by atoms with Gasteiger partial charge in [-0.2, -0.15) is 0 Å². The lowest BCUT2D eigenvalue weighted by atomic mass is 9.86. The van der Waals surface area contributed by atoms with Crippen molar-refractivity contribution in [2.75, 3.05) is 0 Å². The summed E-state index contributed by atoms with van der Waals surface area (Å²) >= 11 is 0. The average molecular weight is 248 g/mol. The van der Waals surface area contributed by atoms with Crippen molar-refractivity contribution in [2.45, 2.75) is 32.2 Å². The molecule has 0 amide bonds. The van der Waals surface area contributed by atoms with E-state index in [1.165, 1.54) is 12.2 Å². The quantitative estimate of drug-likeness (QED) is 0.427. The average Bonchev–Trinajstić information content (AvgIpc) is 2.21. The van der Waals surface area contributed by atoms with Crippen molar-refractivity contribution in [3.05, 3.63) is 35.5 Å². The molecule has 3 nitrogen and oxygen atoms in total. The zero-order valence-electron chi connectivity index (χ0n) is 10.3. The first kappa shape index (κ1) is 12.2. The molecule has 90 valence electrons. The highest BCUT2D eigenvalue weighted by Gasteiger charge is 2.32. The maximum absolute atomic E-state index is 11.9. The Hall–Kier alpha value is -1.26. The van der Waals surface area contributed by atoms with E-state index in [0.717, 1.165) is 0 Å². The van der Waals surface area contributed by atoms with Crippen molar-refractivity contribution < 1.29 is 14.0 Å². The summed E-state index contributed by atoms with van der Waals surface area (Å²) in [6.07, 6.45) is 6.70. The molecule has 2 aliphatic carbocycles. The van der Waals surface area contributed by atoms with Crippen molar-refractivity contribution in [1.29, 1.82) is 0 Å². The van der Waals surface area contributed by atoms with Crippen LogP contribution in [-0.4, -0.2) is 26.0 Å². The molecule has 1 atom stereocenters. The highest BCUT2D eigenvalue weighted by atomic mass is 28.4. The van der Waals surface area contributed by atoms with Crippen LogP contribution in [0, 0.1) is 0 Å². The van der Waals surface area contributed by atoms with E-state index in [-0.39, 0.29) is 17.7 Å². The second kappa shape index (κ2) is 4.20. The van der Waals surface area contributed by atoms with E-state index in [0.29, 0.717) is 17.6 Å². The Kier molecular flexibility index (Phi) is 3.01. The molecule has 0 N–H and O–H groups in total. The van der Waals surface area contributed by atoms with Crippen LogP contribution < -0.4 is 0 Å². The van der Waals surface area contributed by atoms with E-state index < -0.39 is 8.32 Å². The summed E-state index contributed by atoms with van der Waals surface area (Å²) in [4.78, 5) is 23.6. The summed E-state index contributed by atoms with van der Waals surface area (Å²) < 4.78 is 5.95. The normalized spacial score (nSPS) is 24.3. The molecule has 4 heteroatoms. The molecule has 0 aliphatic heterocycles. The lowest BCUT2D eigenvalue weighted by Crippen LogP contribution is -2.36. The molecule has 2 aliphatic rings. The van der Waals surface area contributed by atoms with E-state index in [1.807, 2.05) is 12.2 Å². The number of rotatable bonds is 2. The molecule has 0 saturated carbocycles. The number of ketones is 2. The molecule has 0 unspecified atom stereocenters. The van der Waals surface area contributed by atoms with Crippen molar-refractivity contribution in [3.8, 4) is 0 Å². The molecule has 0 aromatic carbocycles. The first-order valence-corrected chi connectivity index (χ1v) is 9.13. The SMILES string of the molecule is C[Si](C)(C)O[C@H]1C=CCC2=C1C(=O)C=CC2=O. The van der Waals surface area contributed by atoms with Gasteiger partial charge < -0.3 is 4.43 Å². The van der Waals surface area contributed by atoms with Gasteiger partial charge in [-0.25, -0.2) is 0 Å². The standard InChI is InChI=1S/C13H16O3Si/c1-17(2,3)16-12-6-4-5-9-10(14)7-8-11(15)13(9)12/h4,6-8,12H,5H2,1-3H3/t12-/m0/s1. The van der Waals surface area contributed by atoms with Crippen LogP contribution >= 0.6 is 0 Å². The van der Waals surface area contributed by atoms with Crippen molar-refractivity contribution in [1.82, 2.24) is 0 Å². The zero-order chi connectivity index (χ0) is 12.6. The molecule has 0 aromatic heterocycles. The van der Waals surface area contributed by atoms with Gasteiger partial charge in [-0.3, -0.25) is 9.59 Å². The molecule has 0 heterocycles. The molecule has 17 heavy (non-hydrogen) atoms. The first-order valence-electron chi connectivity index (χ1n) is 5.73. The largest absolute Gasteiger partial charge is 0.407 e. The summed E-state index contributed by atoms with van der Waals surface area (Å²) in [5.41, 5.74) is 1.14. The van der Waals surface area contributed by atoms with Gasteiger partial charge in [0, 0.05) is 11.1 Å². The maximum Gasteiger partial charge on any atom is 0.185 e. The van der Waals surface area contributed by atoms with Crippen LogP contribution in [0.4, 0.5) is 0 Å². The van der Waals surface area contributed by atoms with Crippen LogP contribution in [0.15, 0.2) is 35.5 Å². The second-order valence-corrected chi connectivity index (χ2v) is 9.70. The highest BCUT2D eigenvalue weighted by Crippen LogP contribution is 2.29. The summed E-state index contributed by atoms with van der Waals surface area (Å²) in [6.45, 7) is 6.21. The minimum atomic E-state index is -1.75. The van der Waals surface area contributed by atoms with Crippen LogP contribution in [-0.2, 0) is 14.0 Å². The fraction of sp³-hybridized carbons (Fsp3) is 0.385. The Labute approximate surface area is 102 Å². The van der Waals surface area contributed by atoms with Crippen LogP contribution in [0.2, 0.25) is 19.6 Å². The summed E-state index contributed by atoms with van der Waals surface area (Å²) in [6, 6.07) is 0. The molecule has 0 spiro atoms. The van der Waals surface area contributed by atoms with Crippen LogP contribution in [0.25, 0.3) is 0 Å². The van der Waals surface area contributed by atoms with Crippen molar-refractivity contribution in [2.24, 2.45) is 0 Å². The fourth-order valence-corrected chi connectivity index (χ4v) is 2.99. The maximum atomic E-state index is 11.9. The van der Waals surface area contributed by atoms with Crippen molar-refractivity contribution in [3.63, 3.8) is 0 Å². The zero-order valence-corrected chi connectivity index (χ0v) is 11.3. The molecule has 0 aromatic rings. The number of hydrogen-bond donors (Lipinski definition) is 0. The fourth-order valence-electron chi connectivity index (χ4n) is 2.03. The van der Waals surface area contributed by atoms with E-state index in [9.17, 15) is 9.59 Å². The van der Waals surface area contributed by atoms with Gasteiger partial charge in [0.25, 0.3) is 0 Å². The Morgan fingerprint density at radius 3 is 2.47 bits per heavy atom. The van der Waals surface area contributed by atoms with Gasteiger partial charge in [0.1, 0.15) is 0 Å². The van der Waals surface area contributed by atoms with E-state index in [1.54, 1.807) is 0 Å². The topological polar surface area (TPSA) is 43.4 Å². The minimum absolute atomic E-state index is 0.0619. The number of carbonyl (C=O) groups excluding carboxylic acids is 2. The molecule has 0 radical (unpaired) electrons. The van der Waals surface area contributed by atoms with E-state index in [2.05, 4.69) is 19.6 Å². The van der Waals surface area contributed by atoms with Crippen LogP contribution in [0.3, 0.4) is 0 Å². The molecule has 2 rings (SSSR count). The van der Waals surface area contributed by atoms with Gasteiger partial charge in [0.05, 0.1) is 6.10 Å². The van der Waals surface area contributed by atoms with Crippen LogP contribution in [0.5, 0.6) is 0 Å².